The molecule has 0 aromatic heterocycles. The van der Waals surface area contributed by atoms with Gasteiger partial charge in [0.2, 0.25) is 29.5 Å². The second kappa shape index (κ2) is 27.3. The third-order valence-corrected chi connectivity index (χ3v) is 10.9. The lowest BCUT2D eigenvalue weighted by Crippen LogP contribution is -2.59. The number of rotatable bonds is 27. The number of carboxylic acids is 1. The van der Waals surface area contributed by atoms with Crippen molar-refractivity contribution in [3.63, 3.8) is 0 Å². The van der Waals surface area contributed by atoms with E-state index in [0.717, 1.165) is 17.2 Å². The molecule has 6 unspecified atom stereocenters. The Kier molecular flexibility index (Phi) is 22.0. The maximum Gasteiger partial charge on any atom is 0.305 e. The predicted molar refractivity (Wildman–Crippen MR) is 254 cm³/mol. The average molecular weight is 915 g/mol. The van der Waals surface area contributed by atoms with Crippen molar-refractivity contribution >= 4 is 69.8 Å². The van der Waals surface area contributed by atoms with Gasteiger partial charge in [-0.1, -0.05) is 83.0 Å². The minimum absolute atomic E-state index is 0.0628. The van der Waals surface area contributed by atoms with Crippen LogP contribution in [-0.2, 0) is 35.2 Å². The van der Waals surface area contributed by atoms with Gasteiger partial charge in [0.25, 0.3) is 5.91 Å². The van der Waals surface area contributed by atoms with Crippen molar-refractivity contribution in [3.8, 4) is 0 Å². The Hall–Kier alpha value is -7.09. The van der Waals surface area contributed by atoms with E-state index in [-0.39, 0.29) is 62.5 Å². The van der Waals surface area contributed by atoms with E-state index in [0.29, 0.717) is 36.2 Å². The number of benzene rings is 3. The van der Waals surface area contributed by atoms with Gasteiger partial charge in [0.1, 0.15) is 18.1 Å². The van der Waals surface area contributed by atoms with Crippen LogP contribution in [0.25, 0.3) is 10.8 Å². The summed E-state index contributed by atoms with van der Waals surface area (Å²) in [6, 6.07) is 14.7. The smallest absolute Gasteiger partial charge is 0.305 e. The Labute approximate surface area is 384 Å². The number of nitrogens with one attached hydrogen (secondary N) is 6. The molecular formula is C46H66N12O8. The molecule has 3 rings (SSSR count). The number of nitrogens with two attached hydrogens (primary N) is 4. The van der Waals surface area contributed by atoms with Crippen molar-refractivity contribution < 1.29 is 38.7 Å². The number of nitrogens with zero attached hydrogens (tertiary/aromatic N) is 2. The number of carbonyl (C=O) groups excluding carboxylic acids is 6. The normalized spacial score (nSPS) is 13.6. The Morgan fingerprint density at radius 3 is 1.86 bits per heavy atom. The fourth-order valence-electron chi connectivity index (χ4n) is 6.66. The highest BCUT2D eigenvalue weighted by molar-refractivity contribution is 6.06. The van der Waals surface area contributed by atoms with Crippen LogP contribution < -0.4 is 54.8 Å². The summed E-state index contributed by atoms with van der Waals surface area (Å²) in [7, 11) is 0. The zero-order valence-corrected chi connectivity index (χ0v) is 38.1. The molecule has 0 spiro atoms. The summed E-state index contributed by atoms with van der Waals surface area (Å²) in [6.07, 6.45) is 1.14. The fraction of sp³-hybridized carbons (Fsp3) is 0.457. The van der Waals surface area contributed by atoms with Gasteiger partial charge >= 0.3 is 5.97 Å². The zero-order chi connectivity index (χ0) is 48.8. The van der Waals surface area contributed by atoms with Gasteiger partial charge in [-0.3, -0.25) is 48.9 Å². The minimum atomic E-state index is -1.70. The molecule has 66 heavy (non-hydrogen) atoms. The van der Waals surface area contributed by atoms with Gasteiger partial charge in [-0.2, -0.15) is 0 Å². The molecule has 15 N–H and O–H groups in total. The molecule has 3 aromatic carbocycles. The van der Waals surface area contributed by atoms with Crippen molar-refractivity contribution in [2.24, 2.45) is 44.8 Å². The first-order valence-electron chi connectivity index (χ1n) is 22.1. The SMILES string of the molecule is CCC(C)CNC(CCCN=C(N)N)C(=O)NC(=O)C(CC(=O)O)NC(=O)C(NC(=O)C(CCCN=C(N)N)NC(=O)Cc1ccc(NC(=O)c2ccc3ccccc3c2)cc1)C(C)CC. The number of hydrogen-bond acceptors (Lipinski definition) is 10. The van der Waals surface area contributed by atoms with Crippen LogP contribution in [0.4, 0.5) is 5.69 Å². The molecule has 358 valence electrons. The molecule has 0 aliphatic rings. The van der Waals surface area contributed by atoms with Crippen LogP contribution >= 0.6 is 0 Å². The summed E-state index contributed by atoms with van der Waals surface area (Å²) in [6.45, 7) is 8.24. The second-order valence-electron chi connectivity index (χ2n) is 16.3. The van der Waals surface area contributed by atoms with Crippen LogP contribution in [0, 0.1) is 11.8 Å². The number of hydrogen-bond donors (Lipinski definition) is 11. The predicted octanol–water partition coefficient (Wildman–Crippen LogP) is 1.36. The van der Waals surface area contributed by atoms with Gasteiger partial charge < -0.3 is 54.6 Å². The first-order chi connectivity index (χ1) is 31.4. The first kappa shape index (κ1) is 53.2. The third-order valence-electron chi connectivity index (χ3n) is 10.9. The lowest BCUT2D eigenvalue weighted by molar-refractivity contribution is -0.143. The standard InChI is InChI=1S/C46H66N12O8/c1-5-27(3)26-53-34(13-9-21-51-45(47)48)41(63)58-43(65)36(25-38(60)61)56-44(66)39(28(4)6-2)57-42(64)35(14-10-22-52-46(49)50)55-37(59)23-29-15-19-33(20-16-29)54-40(62)32-18-17-30-11-7-8-12-31(30)24-32/h7-8,11-12,15-20,24,27-28,34-36,39,53H,5-6,9-10,13-14,21-23,25-26H2,1-4H3,(H,54,62)(H,55,59)(H,56,66)(H,57,64)(H,60,61)(H4,47,48,51)(H4,49,50,52)(H,58,63,65). The number of aliphatic imine (C=N–C) groups is 2. The van der Waals surface area contributed by atoms with E-state index in [9.17, 15) is 38.7 Å². The quantitative estimate of drug-likeness (QED) is 0.0293. The van der Waals surface area contributed by atoms with Crippen LogP contribution in [0.2, 0.25) is 0 Å². The summed E-state index contributed by atoms with van der Waals surface area (Å²) in [4.78, 5) is 101. The number of fused-ring (bicyclic) bond motifs is 1. The molecule has 20 heteroatoms. The Bertz CT molecular complexity index is 2190. The van der Waals surface area contributed by atoms with E-state index in [2.05, 4.69) is 41.9 Å². The van der Waals surface area contributed by atoms with E-state index >= 15 is 0 Å². The van der Waals surface area contributed by atoms with E-state index in [1.54, 1.807) is 50.2 Å². The van der Waals surface area contributed by atoms with E-state index in [1.807, 2.05) is 44.2 Å². The molecule has 0 aliphatic carbocycles. The van der Waals surface area contributed by atoms with Crippen LogP contribution in [0.5, 0.6) is 0 Å². The summed E-state index contributed by atoms with van der Waals surface area (Å²) in [5, 5.41) is 27.7. The van der Waals surface area contributed by atoms with Gasteiger partial charge in [-0.25, -0.2) is 0 Å². The summed E-state index contributed by atoms with van der Waals surface area (Å²) in [5.74, 6) is -6.27. The van der Waals surface area contributed by atoms with Crippen molar-refractivity contribution in [3.05, 3.63) is 77.9 Å². The highest BCUT2D eigenvalue weighted by atomic mass is 16.4. The third kappa shape index (κ3) is 18.6. The Morgan fingerprint density at radius 2 is 1.27 bits per heavy atom. The molecule has 0 bridgehead atoms. The van der Waals surface area contributed by atoms with Crippen LogP contribution in [0.1, 0.15) is 88.6 Å². The molecule has 0 heterocycles. The van der Waals surface area contributed by atoms with Gasteiger partial charge in [0.05, 0.1) is 18.9 Å². The van der Waals surface area contributed by atoms with E-state index in [1.165, 1.54) is 0 Å². The summed E-state index contributed by atoms with van der Waals surface area (Å²) in [5.41, 5.74) is 23.4. The van der Waals surface area contributed by atoms with Crippen molar-refractivity contribution in [1.29, 1.82) is 0 Å². The number of anilines is 1. The Morgan fingerprint density at radius 1 is 0.667 bits per heavy atom. The number of amides is 6. The molecule has 3 aromatic rings. The van der Waals surface area contributed by atoms with Gasteiger partial charge in [0.15, 0.2) is 11.9 Å². The first-order valence-corrected chi connectivity index (χ1v) is 22.1. The number of carbonyl (C=O) groups is 7. The van der Waals surface area contributed by atoms with Crippen LogP contribution in [-0.4, -0.2) is 102 Å². The van der Waals surface area contributed by atoms with Crippen molar-refractivity contribution in [1.82, 2.24) is 26.6 Å². The van der Waals surface area contributed by atoms with Gasteiger partial charge in [0, 0.05) is 24.3 Å². The highest BCUT2D eigenvalue weighted by Crippen LogP contribution is 2.18. The summed E-state index contributed by atoms with van der Waals surface area (Å²) < 4.78 is 0. The number of guanidine groups is 2. The van der Waals surface area contributed by atoms with Gasteiger partial charge in [-0.05, 0) is 84.7 Å². The molecule has 0 radical (unpaired) electrons. The minimum Gasteiger partial charge on any atom is -0.481 e. The molecule has 6 atom stereocenters. The molecule has 20 nitrogen and oxygen atoms in total. The number of imide groups is 1. The number of aliphatic carboxylic acids is 1. The molecule has 6 amide bonds. The van der Waals surface area contributed by atoms with Crippen LogP contribution in [0.15, 0.2) is 76.7 Å². The maximum atomic E-state index is 13.9. The van der Waals surface area contributed by atoms with E-state index < -0.39 is 72.0 Å². The lowest BCUT2D eigenvalue weighted by atomic mass is 9.96. The molecule has 0 aliphatic heterocycles. The van der Waals surface area contributed by atoms with Crippen LogP contribution in [0.3, 0.4) is 0 Å². The molecule has 0 saturated heterocycles. The van der Waals surface area contributed by atoms with Gasteiger partial charge in [-0.15, -0.1) is 0 Å². The lowest BCUT2D eigenvalue weighted by Gasteiger charge is -2.28. The average Bonchev–Trinajstić information content (AvgIpc) is 3.28. The molecule has 0 saturated carbocycles. The fourth-order valence-corrected chi connectivity index (χ4v) is 6.66. The highest BCUT2D eigenvalue weighted by Gasteiger charge is 2.34. The monoisotopic (exact) mass is 915 g/mol. The zero-order valence-electron chi connectivity index (χ0n) is 38.1. The topological polar surface area (TPSA) is 341 Å². The maximum absolute atomic E-state index is 13.9. The molecule has 0 fully saturated rings. The second-order valence-corrected chi connectivity index (χ2v) is 16.3. The Balaban J connectivity index is 1.73. The largest absolute Gasteiger partial charge is 0.481 e. The number of carboxylic acid groups (broad SMARTS) is 1. The molecular weight excluding hydrogens is 849 g/mol. The van der Waals surface area contributed by atoms with Crippen molar-refractivity contribution in [2.75, 3.05) is 25.0 Å². The van der Waals surface area contributed by atoms with E-state index in [4.69, 9.17) is 22.9 Å². The summed E-state index contributed by atoms with van der Waals surface area (Å²) >= 11 is 0. The van der Waals surface area contributed by atoms with Crippen molar-refractivity contribution in [2.45, 2.75) is 103 Å².